The van der Waals surface area contributed by atoms with Crippen molar-refractivity contribution in [3.8, 4) is 12.3 Å². The van der Waals surface area contributed by atoms with Crippen LogP contribution >= 0.6 is 0 Å². The van der Waals surface area contributed by atoms with Crippen LogP contribution in [0.3, 0.4) is 0 Å². The predicted octanol–water partition coefficient (Wildman–Crippen LogP) is 3.11. The smallest absolute Gasteiger partial charge is 0.301 e. The molecule has 1 aliphatic rings. The Morgan fingerprint density at radius 2 is 1.88 bits per heavy atom. The Morgan fingerprint density at radius 3 is 2.25 bits per heavy atom. The van der Waals surface area contributed by atoms with Crippen LogP contribution < -0.4 is 5.32 Å². The van der Waals surface area contributed by atoms with E-state index in [0.29, 0.717) is 12.8 Å². The second-order valence-corrected chi connectivity index (χ2v) is 4.38. The van der Waals surface area contributed by atoms with E-state index in [-0.39, 0.29) is 24.9 Å². The molecular weight excluding hydrogens is 215 g/mol. The molecule has 0 aromatic carbocycles. The van der Waals surface area contributed by atoms with E-state index in [2.05, 4.69) is 11.2 Å². The third-order valence-electron chi connectivity index (χ3n) is 3.24. The molecule has 92 valence electrons. The molecule has 1 saturated carbocycles. The predicted molar refractivity (Wildman–Crippen MR) is 57.8 cm³/mol. The standard InChI is InChI=1S/C12H18F3N/c1-3-10(4-2)16-11-7-5-9(6-8-11)12(13,14)15/h1,9-11,16H,4-8H2,2H3. The molecule has 1 fully saturated rings. The molecule has 0 aromatic rings. The third-order valence-corrected chi connectivity index (χ3v) is 3.24. The number of terminal acetylenes is 1. The third kappa shape index (κ3) is 3.71. The lowest BCUT2D eigenvalue weighted by Gasteiger charge is -2.31. The van der Waals surface area contributed by atoms with Crippen molar-refractivity contribution < 1.29 is 13.2 Å². The minimum absolute atomic E-state index is 0.00700. The number of hydrogen-bond donors (Lipinski definition) is 1. The van der Waals surface area contributed by atoms with E-state index >= 15 is 0 Å². The van der Waals surface area contributed by atoms with Gasteiger partial charge in [0.1, 0.15) is 0 Å². The molecule has 1 N–H and O–H groups in total. The van der Waals surface area contributed by atoms with Crippen molar-refractivity contribution in [1.29, 1.82) is 0 Å². The maximum atomic E-state index is 12.4. The van der Waals surface area contributed by atoms with Gasteiger partial charge in [-0.2, -0.15) is 13.2 Å². The van der Waals surface area contributed by atoms with Gasteiger partial charge in [0.15, 0.2) is 0 Å². The zero-order chi connectivity index (χ0) is 12.2. The van der Waals surface area contributed by atoms with Crippen molar-refractivity contribution >= 4 is 0 Å². The lowest BCUT2D eigenvalue weighted by atomic mass is 9.85. The highest BCUT2D eigenvalue weighted by Crippen LogP contribution is 2.37. The fraction of sp³-hybridized carbons (Fsp3) is 0.833. The first-order valence-corrected chi connectivity index (χ1v) is 5.76. The molecule has 1 aliphatic carbocycles. The van der Waals surface area contributed by atoms with E-state index < -0.39 is 12.1 Å². The number of halogens is 3. The average molecular weight is 233 g/mol. The Kier molecular flexibility index (Phi) is 4.67. The molecule has 1 atom stereocenters. The topological polar surface area (TPSA) is 12.0 Å². The summed E-state index contributed by atoms with van der Waals surface area (Å²) in [6, 6.07) is 0.145. The van der Waals surface area contributed by atoms with Gasteiger partial charge in [-0.1, -0.05) is 12.8 Å². The monoisotopic (exact) mass is 233 g/mol. The SMILES string of the molecule is C#CC(CC)NC1CCC(C(F)(F)F)CC1. The molecule has 0 radical (unpaired) electrons. The molecular formula is C12H18F3N. The highest BCUT2D eigenvalue weighted by Gasteiger charge is 2.41. The van der Waals surface area contributed by atoms with Crippen LogP contribution in [0.4, 0.5) is 13.2 Å². The number of rotatable bonds is 3. The molecule has 0 aliphatic heterocycles. The number of alkyl halides is 3. The molecule has 0 heterocycles. The summed E-state index contributed by atoms with van der Waals surface area (Å²) in [5, 5.41) is 3.22. The van der Waals surface area contributed by atoms with Crippen LogP contribution in [0.1, 0.15) is 39.0 Å². The van der Waals surface area contributed by atoms with Gasteiger partial charge in [0.2, 0.25) is 0 Å². The zero-order valence-corrected chi connectivity index (χ0v) is 9.48. The summed E-state index contributed by atoms with van der Waals surface area (Å²) in [7, 11) is 0. The second-order valence-electron chi connectivity index (χ2n) is 4.38. The van der Waals surface area contributed by atoms with Crippen LogP contribution in [-0.4, -0.2) is 18.3 Å². The largest absolute Gasteiger partial charge is 0.391 e. The van der Waals surface area contributed by atoms with Crippen LogP contribution in [-0.2, 0) is 0 Å². The van der Waals surface area contributed by atoms with Crippen molar-refractivity contribution in [2.24, 2.45) is 5.92 Å². The van der Waals surface area contributed by atoms with Gasteiger partial charge in [0, 0.05) is 6.04 Å². The molecule has 1 nitrogen and oxygen atoms in total. The number of nitrogens with one attached hydrogen (secondary N) is 1. The summed E-state index contributed by atoms with van der Waals surface area (Å²) < 4.78 is 37.2. The van der Waals surface area contributed by atoms with E-state index in [1.807, 2.05) is 6.92 Å². The summed E-state index contributed by atoms with van der Waals surface area (Å²) in [6.45, 7) is 1.97. The summed E-state index contributed by atoms with van der Waals surface area (Å²) in [5.74, 6) is 1.49. The summed E-state index contributed by atoms with van der Waals surface area (Å²) >= 11 is 0. The minimum Gasteiger partial charge on any atom is -0.301 e. The summed E-state index contributed by atoms with van der Waals surface area (Å²) in [4.78, 5) is 0. The van der Waals surface area contributed by atoms with E-state index in [1.165, 1.54) is 0 Å². The first kappa shape index (κ1) is 13.4. The average Bonchev–Trinajstić information content (AvgIpc) is 2.25. The Hall–Kier alpha value is -0.690. The Labute approximate surface area is 94.8 Å². The first-order valence-electron chi connectivity index (χ1n) is 5.76. The number of hydrogen-bond acceptors (Lipinski definition) is 1. The van der Waals surface area contributed by atoms with Gasteiger partial charge in [-0.05, 0) is 32.1 Å². The Balaban J connectivity index is 2.35. The summed E-state index contributed by atoms with van der Waals surface area (Å²) in [5.41, 5.74) is 0. The van der Waals surface area contributed by atoms with E-state index in [1.54, 1.807) is 0 Å². The van der Waals surface area contributed by atoms with Gasteiger partial charge in [-0.15, -0.1) is 6.42 Å². The van der Waals surface area contributed by atoms with Crippen LogP contribution in [0.25, 0.3) is 0 Å². The fourth-order valence-corrected chi connectivity index (χ4v) is 2.16. The molecule has 1 unspecified atom stereocenters. The molecule has 1 rings (SSSR count). The molecule has 0 saturated heterocycles. The zero-order valence-electron chi connectivity index (χ0n) is 9.48. The van der Waals surface area contributed by atoms with Gasteiger partial charge in [0.05, 0.1) is 12.0 Å². The molecule has 0 bridgehead atoms. The van der Waals surface area contributed by atoms with Crippen LogP contribution in [0.5, 0.6) is 0 Å². The van der Waals surface area contributed by atoms with Crippen LogP contribution in [0.2, 0.25) is 0 Å². The highest BCUT2D eigenvalue weighted by atomic mass is 19.4. The summed E-state index contributed by atoms with van der Waals surface area (Å²) in [6.07, 6.45) is 3.69. The highest BCUT2D eigenvalue weighted by molar-refractivity contribution is 4.99. The van der Waals surface area contributed by atoms with Gasteiger partial charge in [0.25, 0.3) is 0 Å². The van der Waals surface area contributed by atoms with Crippen LogP contribution in [0.15, 0.2) is 0 Å². The Morgan fingerprint density at radius 1 is 1.31 bits per heavy atom. The molecule has 16 heavy (non-hydrogen) atoms. The fourth-order valence-electron chi connectivity index (χ4n) is 2.16. The second kappa shape index (κ2) is 5.58. The molecule has 0 amide bonds. The normalized spacial score (nSPS) is 28.4. The minimum atomic E-state index is -4.03. The van der Waals surface area contributed by atoms with Crippen molar-refractivity contribution in [3.05, 3.63) is 0 Å². The van der Waals surface area contributed by atoms with Crippen LogP contribution in [0, 0.1) is 18.3 Å². The molecule has 0 spiro atoms. The van der Waals surface area contributed by atoms with Gasteiger partial charge >= 0.3 is 6.18 Å². The maximum absolute atomic E-state index is 12.4. The van der Waals surface area contributed by atoms with Gasteiger partial charge in [-0.25, -0.2) is 0 Å². The molecule has 4 heteroatoms. The van der Waals surface area contributed by atoms with Crippen molar-refractivity contribution in [1.82, 2.24) is 5.32 Å². The van der Waals surface area contributed by atoms with Crippen molar-refractivity contribution in [2.75, 3.05) is 0 Å². The molecule has 0 aromatic heterocycles. The van der Waals surface area contributed by atoms with Gasteiger partial charge in [-0.3, -0.25) is 0 Å². The lowest BCUT2D eigenvalue weighted by Crippen LogP contribution is -2.41. The maximum Gasteiger partial charge on any atom is 0.391 e. The lowest BCUT2D eigenvalue weighted by molar-refractivity contribution is -0.182. The first-order chi connectivity index (χ1) is 7.47. The van der Waals surface area contributed by atoms with E-state index in [0.717, 1.165) is 6.42 Å². The van der Waals surface area contributed by atoms with Crippen molar-refractivity contribution in [2.45, 2.75) is 57.3 Å². The van der Waals surface area contributed by atoms with E-state index in [4.69, 9.17) is 6.42 Å². The van der Waals surface area contributed by atoms with Gasteiger partial charge < -0.3 is 5.32 Å². The van der Waals surface area contributed by atoms with E-state index in [9.17, 15) is 13.2 Å². The quantitative estimate of drug-likeness (QED) is 0.738. The van der Waals surface area contributed by atoms with Crippen molar-refractivity contribution in [3.63, 3.8) is 0 Å². The Bertz CT molecular complexity index is 246.